The lowest BCUT2D eigenvalue weighted by atomic mass is 10.2. The summed E-state index contributed by atoms with van der Waals surface area (Å²) in [5.74, 6) is -1.04. The summed E-state index contributed by atoms with van der Waals surface area (Å²) < 4.78 is 29.6. The van der Waals surface area contributed by atoms with Gasteiger partial charge in [-0.25, -0.2) is 9.48 Å². The maximum absolute atomic E-state index is 12.0. The predicted octanol–water partition coefficient (Wildman–Crippen LogP) is 2.48. The Labute approximate surface area is 107 Å². The van der Waals surface area contributed by atoms with Crippen molar-refractivity contribution in [3.8, 4) is 11.4 Å². The number of carboxylic acid groups (broad SMARTS) is 1. The van der Waals surface area contributed by atoms with Gasteiger partial charge in [-0.15, -0.1) is 0 Å². The van der Waals surface area contributed by atoms with Crippen LogP contribution in [-0.2, 0) is 0 Å². The first-order valence-electron chi connectivity index (χ1n) is 5.32. The van der Waals surface area contributed by atoms with Crippen LogP contribution >= 0.6 is 0 Å². The Bertz CT molecular complexity index is 594. The van der Waals surface area contributed by atoms with Gasteiger partial charge >= 0.3 is 12.6 Å². The number of halogens is 2. The van der Waals surface area contributed by atoms with Crippen LogP contribution in [0, 0.1) is 6.92 Å². The highest BCUT2D eigenvalue weighted by Crippen LogP contribution is 2.19. The van der Waals surface area contributed by atoms with Gasteiger partial charge in [-0.2, -0.15) is 13.9 Å². The summed E-state index contributed by atoms with van der Waals surface area (Å²) in [7, 11) is 0. The first-order chi connectivity index (χ1) is 8.99. The van der Waals surface area contributed by atoms with Crippen molar-refractivity contribution < 1.29 is 23.4 Å². The SMILES string of the molecule is Cc1c(C(=O)O)cnn1-c1ccc(OC(F)F)cc1. The van der Waals surface area contributed by atoms with Crippen molar-refractivity contribution in [2.45, 2.75) is 13.5 Å². The Morgan fingerprint density at radius 3 is 2.47 bits per heavy atom. The topological polar surface area (TPSA) is 64.3 Å². The van der Waals surface area contributed by atoms with Gasteiger partial charge in [-0.3, -0.25) is 0 Å². The molecule has 1 N–H and O–H groups in total. The summed E-state index contributed by atoms with van der Waals surface area (Å²) in [4.78, 5) is 10.9. The Kier molecular flexibility index (Phi) is 3.46. The molecule has 0 unspecified atom stereocenters. The van der Waals surface area contributed by atoms with Crippen LogP contribution in [0.4, 0.5) is 8.78 Å². The molecule has 100 valence electrons. The van der Waals surface area contributed by atoms with Crippen LogP contribution in [0.5, 0.6) is 5.75 Å². The largest absolute Gasteiger partial charge is 0.478 e. The van der Waals surface area contributed by atoms with Crippen LogP contribution in [0.3, 0.4) is 0 Å². The molecule has 1 aromatic heterocycles. The maximum Gasteiger partial charge on any atom is 0.387 e. The molecule has 0 spiro atoms. The minimum atomic E-state index is -2.88. The molecule has 0 bridgehead atoms. The molecular formula is C12H10F2N2O3. The molecule has 1 heterocycles. The number of ether oxygens (including phenoxy) is 1. The molecule has 0 aliphatic heterocycles. The van der Waals surface area contributed by atoms with Crippen LogP contribution in [0.2, 0.25) is 0 Å². The number of alkyl halides is 2. The lowest BCUT2D eigenvalue weighted by Crippen LogP contribution is -2.04. The molecule has 7 heteroatoms. The molecule has 2 rings (SSSR count). The first kappa shape index (κ1) is 13.0. The van der Waals surface area contributed by atoms with Gasteiger partial charge in [0.2, 0.25) is 0 Å². The number of hydrogen-bond acceptors (Lipinski definition) is 3. The fourth-order valence-electron chi connectivity index (χ4n) is 1.65. The van der Waals surface area contributed by atoms with Gasteiger partial charge in [0, 0.05) is 0 Å². The highest BCUT2D eigenvalue weighted by Gasteiger charge is 2.13. The Morgan fingerprint density at radius 1 is 1.37 bits per heavy atom. The smallest absolute Gasteiger partial charge is 0.387 e. The van der Waals surface area contributed by atoms with Gasteiger partial charge in [0.1, 0.15) is 11.3 Å². The van der Waals surface area contributed by atoms with Gasteiger partial charge < -0.3 is 9.84 Å². The average Bonchev–Trinajstić information content (AvgIpc) is 2.71. The molecule has 2 aromatic rings. The lowest BCUT2D eigenvalue weighted by Gasteiger charge is -2.07. The minimum absolute atomic E-state index is 0.0296. The third-order valence-electron chi connectivity index (χ3n) is 2.55. The third kappa shape index (κ3) is 2.70. The van der Waals surface area contributed by atoms with Crippen molar-refractivity contribution in [3.63, 3.8) is 0 Å². The van der Waals surface area contributed by atoms with Gasteiger partial charge in [-0.1, -0.05) is 0 Å². The van der Waals surface area contributed by atoms with Crippen molar-refractivity contribution in [1.82, 2.24) is 9.78 Å². The van der Waals surface area contributed by atoms with Crippen LogP contribution < -0.4 is 4.74 Å². The second-order valence-corrected chi connectivity index (χ2v) is 3.73. The fourth-order valence-corrected chi connectivity index (χ4v) is 1.65. The molecule has 0 fully saturated rings. The van der Waals surface area contributed by atoms with E-state index in [9.17, 15) is 13.6 Å². The van der Waals surface area contributed by atoms with E-state index in [2.05, 4.69) is 9.84 Å². The van der Waals surface area contributed by atoms with Crippen molar-refractivity contribution in [3.05, 3.63) is 41.7 Å². The number of hydrogen-bond donors (Lipinski definition) is 1. The average molecular weight is 268 g/mol. The number of aromatic nitrogens is 2. The van der Waals surface area contributed by atoms with E-state index in [4.69, 9.17) is 5.11 Å². The van der Waals surface area contributed by atoms with Crippen LogP contribution in [0.15, 0.2) is 30.5 Å². The van der Waals surface area contributed by atoms with Gasteiger partial charge in [0.15, 0.2) is 0 Å². The molecule has 5 nitrogen and oxygen atoms in total. The van der Waals surface area contributed by atoms with E-state index in [-0.39, 0.29) is 11.3 Å². The third-order valence-corrected chi connectivity index (χ3v) is 2.55. The summed E-state index contributed by atoms with van der Waals surface area (Å²) in [5.41, 5.74) is 1.11. The number of aromatic carboxylic acids is 1. The normalized spacial score (nSPS) is 10.7. The molecule has 0 aliphatic rings. The molecule has 0 amide bonds. The Balaban J connectivity index is 2.30. The zero-order chi connectivity index (χ0) is 14.0. The number of rotatable bonds is 4. The van der Waals surface area contributed by atoms with Crippen LogP contribution in [-0.4, -0.2) is 27.5 Å². The lowest BCUT2D eigenvalue weighted by molar-refractivity contribution is -0.0498. The van der Waals surface area contributed by atoms with E-state index in [1.54, 1.807) is 6.92 Å². The zero-order valence-electron chi connectivity index (χ0n) is 9.88. The summed E-state index contributed by atoms with van der Waals surface area (Å²) in [5, 5.41) is 12.9. The van der Waals surface area contributed by atoms with Crippen molar-refractivity contribution >= 4 is 5.97 Å². The fraction of sp³-hybridized carbons (Fsp3) is 0.167. The van der Waals surface area contributed by atoms with Gasteiger partial charge in [0.25, 0.3) is 0 Å². The van der Waals surface area contributed by atoms with Gasteiger partial charge in [0.05, 0.1) is 17.6 Å². The molecule has 1 aromatic carbocycles. The molecule has 0 aliphatic carbocycles. The maximum atomic E-state index is 12.0. The quantitative estimate of drug-likeness (QED) is 0.925. The second kappa shape index (κ2) is 5.05. The molecule has 0 saturated heterocycles. The summed E-state index contributed by atoms with van der Waals surface area (Å²) in [6.07, 6.45) is 1.24. The van der Waals surface area contributed by atoms with Crippen LogP contribution in [0.25, 0.3) is 5.69 Å². The van der Waals surface area contributed by atoms with Gasteiger partial charge in [-0.05, 0) is 31.2 Å². The number of benzene rings is 1. The van der Waals surface area contributed by atoms with Crippen molar-refractivity contribution in [2.75, 3.05) is 0 Å². The van der Waals surface area contributed by atoms with E-state index >= 15 is 0 Å². The number of carboxylic acids is 1. The molecular weight excluding hydrogens is 258 g/mol. The molecule has 0 saturated carbocycles. The highest BCUT2D eigenvalue weighted by atomic mass is 19.3. The first-order valence-corrected chi connectivity index (χ1v) is 5.32. The summed E-state index contributed by atoms with van der Waals surface area (Å²) in [6.45, 7) is -1.27. The standard InChI is InChI=1S/C12H10F2N2O3/c1-7-10(11(17)18)6-15-16(7)8-2-4-9(5-3-8)19-12(13)14/h2-6,12H,1H3,(H,17,18). The molecule has 0 atom stereocenters. The van der Waals surface area contributed by atoms with Crippen LogP contribution in [0.1, 0.15) is 16.1 Å². The van der Waals surface area contributed by atoms with E-state index in [1.807, 2.05) is 0 Å². The zero-order valence-corrected chi connectivity index (χ0v) is 9.88. The Morgan fingerprint density at radius 2 is 2.00 bits per heavy atom. The van der Waals surface area contributed by atoms with Crippen molar-refractivity contribution in [1.29, 1.82) is 0 Å². The van der Waals surface area contributed by atoms with E-state index in [1.165, 1.54) is 35.1 Å². The molecule has 19 heavy (non-hydrogen) atoms. The van der Waals surface area contributed by atoms with Crippen molar-refractivity contribution in [2.24, 2.45) is 0 Å². The highest BCUT2D eigenvalue weighted by molar-refractivity contribution is 5.88. The predicted molar refractivity (Wildman–Crippen MR) is 61.9 cm³/mol. The number of nitrogens with zero attached hydrogens (tertiary/aromatic N) is 2. The minimum Gasteiger partial charge on any atom is -0.478 e. The summed E-state index contributed by atoms with van der Waals surface area (Å²) >= 11 is 0. The number of carbonyl (C=O) groups is 1. The van der Waals surface area contributed by atoms with E-state index < -0.39 is 12.6 Å². The second-order valence-electron chi connectivity index (χ2n) is 3.73. The Hall–Kier alpha value is -2.44. The monoisotopic (exact) mass is 268 g/mol. The molecule has 0 radical (unpaired) electrons. The van der Waals surface area contributed by atoms with E-state index in [0.717, 1.165) is 0 Å². The van der Waals surface area contributed by atoms with E-state index in [0.29, 0.717) is 11.4 Å². The summed E-state index contributed by atoms with van der Waals surface area (Å²) in [6, 6.07) is 5.76.